The summed E-state index contributed by atoms with van der Waals surface area (Å²) < 4.78 is 5.41. The van der Waals surface area contributed by atoms with Crippen molar-refractivity contribution in [1.29, 1.82) is 0 Å². The van der Waals surface area contributed by atoms with Crippen molar-refractivity contribution in [3.8, 4) is 5.75 Å². The summed E-state index contributed by atoms with van der Waals surface area (Å²) in [6.45, 7) is 3.86. The SMILES string of the molecule is CCC(C)Oc1cnccc1C(=O)O. The number of carbonyl (C=O) groups is 1. The van der Waals surface area contributed by atoms with Gasteiger partial charge >= 0.3 is 5.97 Å². The van der Waals surface area contributed by atoms with Crippen LogP contribution in [0.25, 0.3) is 0 Å². The van der Waals surface area contributed by atoms with E-state index in [1.165, 1.54) is 18.5 Å². The van der Waals surface area contributed by atoms with Crippen LogP contribution >= 0.6 is 0 Å². The summed E-state index contributed by atoms with van der Waals surface area (Å²) in [6, 6.07) is 1.43. The van der Waals surface area contributed by atoms with Gasteiger partial charge in [-0.25, -0.2) is 4.79 Å². The molecule has 0 amide bonds. The van der Waals surface area contributed by atoms with Crippen LogP contribution in [0.2, 0.25) is 0 Å². The molecule has 0 bridgehead atoms. The summed E-state index contributed by atoms with van der Waals surface area (Å²) >= 11 is 0. The minimum absolute atomic E-state index is 0.00250. The van der Waals surface area contributed by atoms with Gasteiger partial charge in [-0.1, -0.05) is 6.92 Å². The molecule has 1 N–H and O–H groups in total. The van der Waals surface area contributed by atoms with Crippen molar-refractivity contribution in [2.24, 2.45) is 0 Å². The van der Waals surface area contributed by atoms with Crippen LogP contribution in [0, 0.1) is 0 Å². The second kappa shape index (κ2) is 4.60. The molecule has 0 spiro atoms. The molecule has 0 aromatic carbocycles. The molecular formula is C10H13NO3. The first-order valence-corrected chi connectivity index (χ1v) is 4.49. The summed E-state index contributed by atoms with van der Waals surface area (Å²) in [4.78, 5) is 14.6. The van der Waals surface area contributed by atoms with Crippen LogP contribution in [0.15, 0.2) is 18.5 Å². The van der Waals surface area contributed by atoms with Crippen LogP contribution in [0.3, 0.4) is 0 Å². The maximum atomic E-state index is 10.8. The Morgan fingerprint density at radius 2 is 2.43 bits per heavy atom. The van der Waals surface area contributed by atoms with Crippen LogP contribution in [0.5, 0.6) is 5.75 Å². The minimum atomic E-state index is -0.995. The zero-order valence-electron chi connectivity index (χ0n) is 8.23. The predicted molar refractivity (Wildman–Crippen MR) is 51.6 cm³/mol. The second-order valence-electron chi connectivity index (χ2n) is 3.01. The molecule has 76 valence electrons. The highest BCUT2D eigenvalue weighted by Gasteiger charge is 2.12. The fourth-order valence-corrected chi connectivity index (χ4v) is 0.951. The average molecular weight is 195 g/mol. The molecule has 0 saturated heterocycles. The minimum Gasteiger partial charge on any atom is -0.488 e. The number of carboxylic acids is 1. The third-order valence-electron chi connectivity index (χ3n) is 1.92. The topological polar surface area (TPSA) is 59.4 Å². The summed E-state index contributed by atoms with van der Waals surface area (Å²) in [6.07, 6.45) is 3.69. The van der Waals surface area contributed by atoms with Gasteiger partial charge in [-0.05, 0) is 19.4 Å². The lowest BCUT2D eigenvalue weighted by molar-refractivity contribution is 0.0689. The molecule has 0 aliphatic heterocycles. The highest BCUT2D eigenvalue weighted by atomic mass is 16.5. The standard InChI is InChI=1S/C10H13NO3/c1-3-7(2)14-9-6-11-5-4-8(9)10(12)13/h4-7H,3H2,1-2H3,(H,12,13). The van der Waals surface area contributed by atoms with E-state index in [1.54, 1.807) is 0 Å². The molecule has 0 fully saturated rings. The highest BCUT2D eigenvalue weighted by molar-refractivity contribution is 5.90. The van der Waals surface area contributed by atoms with Gasteiger partial charge in [0, 0.05) is 6.20 Å². The molecule has 1 aromatic heterocycles. The molecule has 1 atom stereocenters. The lowest BCUT2D eigenvalue weighted by Crippen LogP contribution is -2.12. The largest absolute Gasteiger partial charge is 0.488 e. The molecule has 4 nitrogen and oxygen atoms in total. The molecule has 1 unspecified atom stereocenters. The Balaban J connectivity index is 2.90. The number of carboxylic acid groups (broad SMARTS) is 1. The molecule has 0 saturated carbocycles. The van der Waals surface area contributed by atoms with Crippen LogP contribution in [0.4, 0.5) is 0 Å². The van der Waals surface area contributed by atoms with E-state index in [9.17, 15) is 4.79 Å². The first-order chi connectivity index (χ1) is 6.65. The molecule has 1 aromatic rings. The second-order valence-corrected chi connectivity index (χ2v) is 3.01. The number of rotatable bonds is 4. The van der Waals surface area contributed by atoms with Crippen molar-refractivity contribution < 1.29 is 14.6 Å². The summed E-state index contributed by atoms with van der Waals surface area (Å²) in [5, 5.41) is 8.84. The zero-order valence-corrected chi connectivity index (χ0v) is 8.23. The fraction of sp³-hybridized carbons (Fsp3) is 0.400. The van der Waals surface area contributed by atoms with E-state index in [-0.39, 0.29) is 11.7 Å². The lowest BCUT2D eigenvalue weighted by Gasteiger charge is -2.13. The fourth-order valence-electron chi connectivity index (χ4n) is 0.951. The zero-order chi connectivity index (χ0) is 10.6. The molecule has 4 heteroatoms. The van der Waals surface area contributed by atoms with Crippen LogP contribution in [-0.2, 0) is 0 Å². The maximum Gasteiger partial charge on any atom is 0.339 e. The van der Waals surface area contributed by atoms with E-state index in [0.717, 1.165) is 6.42 Å². The Hall–Kier alpha value is -1.58. The first-order valence-electron chi connectivity index (χ1n) is 4.49. The predicted octanol–water partition coefficient (Wildman–Crippen LogP) is 1.96. The number of ether oxygens (including phenoxy) is 1. The number of aromatic nitrogens is 1. The number of aromatic carboxylic acids is 1. The maximum absolute atomic E-state index is 10.8. The van der Waals surface area contributed by atoms with E-state index in [1.807, 2.05) is 13.8 Å². The Labute approximate surface area is 82.5 Å². The van der Waals surface area contributed by atoms with Crippen molar-refractivity contribution in [3.63, 3.8) is 0 Å². The van der Waals surface area contributed by atoms with Gasteiger partial charge in [0.05, 0.1) is 12.3 Å². The van der Waals surface area contributed by atoms with Crippen molar-refractivity contribution >= 4 is 5.97 Å². The number of hydrogen-bond donors (Lipinski definition) is 1. The molecule has 0 radical (unpaired) electrons. The van der Waals surface area contributed by atoms with E-state index >= 15 is 0 Å². The van der Waals surface area contributed by atoms with E-state index < -0.39 is 5.97 Å². The van der Waals surface area contributed by atoms with Crippen molar-refractivity contribution in [2.75, 3.05) is 0 Å². The van der Waals surface area contributed by atoms with E-state index in [2.05, 4.69) is 4.98 Å². The van der Waals surface area contributed by atoms with Gasteiger partial charge < -0.3 is 9.84 Å². The highest BCUT2D eigenvalue weighted by Crippen LogP contribution is 2.18. The Kier molecular flexibility index (Phi) is 3.45. The van der Waals surface area contributed by atoms with Gasteiger partial charge in [0.2, 0.25) is 0 Å². The molecule has 1 heterocycles. The van der Waals surface area contributed by atoms with Crippen LogP contribution in [0.1, 0.15) is 30.6 Å². The van der Waals surface area contributed by atoms with Crippen LogP contribution < -0.4 is 4.74 Å². The Morgan fingerprint density at radius 3 is 3.00 bits per heavy atom. The Morgan fingerprint density at radius 1 is 1.71 bits per heavy atom. The lowest BCUT2D eigenvalue weighted by atomic mass is 10.2. The third-order valence-corrected chi connectivity index (χ3v) is 1.92. The van der Waals surface area contributed by atoms with Gasteiger partial charge in [-0.2, -0.15) is 0 Å². The third kappa shape index (κ3) is 2.45. The summed E-state index contributed by atoms with van der Waals surface area (Å²) in [7, 11) is 0. The number of pyridine rings is 1. The quantitative estimate of drug-likeness (QED) is 0.797. The molecule has 1 rings (SSSR count). The molecule has 14 heavy (non-hydrogen) atoms. The van der Waals surface area contributed by atoms with Gasteiger partial charge in [0.15, 0.2) is 5.75 Å². The average Bonchev–Trinajstić information content (AvgIpc) is 2.18. The van der Waals surface area contributed by atoms with Gasteiger partial charge in [-0.15, -0.1) is 0 Å². The smallest absolute Gasteiger partial charge is 0.339 e. The van der Waals surface area contributed by atoms with E-state index in [4.69, 9.17) is 9.84 Å². The summed E-state index contributed by atoms with van der Waals surface area (Å²) in [5.41, 5.74) is 0.153. The number of hydrogen-bond acceptors (Lipinski definition) is 3. The number of nitrogens with zero attached hydrogens (tertiary/aromatic N) is 1. The Bertz CT molecular complexity index is 325. The van der Waals surface area contributed by atoms with Crippen molar-refractivity contribution in [2.45, 2.75) is 26.4 Å². The first kappa shape index (κ1) is 10.5. The molecular weight excluding hydrogens is 182 g/mol. The molecule has 0 aliphatic carbocycles. The van der Waals surface area contributed by atoms with Gasteiger partial charge in [-0.3, -0.25) is 4.98 Å². The normalized spacial score (nSPS) is 12.1. The monoisotopic (exact) mass is 195 g/mol. The van der Waals surface area contributed by atoms with Gasteiger partial charge in [0.25, 0.3) is 0 Å². The van der Waals surface area contributed by atoms with E-state index in [0.29, 0.717) is 5.75 Å². The van der Waals surface area contributed by atoms with Crippen molar-refractivity contribution in [1.82, 2.24) is 4.98 Å². The van der Waals surface area contributed by atoms with Crippen molar-refractivity contribution in [3.05, 3.63) is 24.0 Å². The van der Waals surface area contributed by atoms with Crippen LogP contribution in [-0.4, -0.2) is 22.2 Å². The van der Waals surface area contributed by atoms with Gasteiger partial charge in [0.1, 0.15) is 5.56 Å². The molecule has 0 aliphatic rings. The summed E-state index contributed by atoms with van der Waals surface area (Å²) in [5.74, 6) is -0.667.